The first kappa shape index (κ1) is 12.9. The summed E-state index contributed by atoms with van der Waals surface area (Å²) in [6.45, 7) is 6.22. The quantitative estimate of drug-likeness (QED) is 0.870. The van der Waals surface area contributed by atoms with Crippen molar-refractivity contribution >= 4 is 0 Å². The number of nitrogens with two attached hydrogens (primary N) is 1. The van der Waals surface area contributed by atoms with Gasteiger partial charge in [0.15, 0.2) is 0 Å². The molecule has 104 valence electrons. The second-order valence-corrected chi connectivity index (χ2v) is 5.51. The van der Waals surface area contributed by atoms with Gasteiger partial charge in [0.2, 0.25) is 0 Å². The average molecular weight is 263 g/mol. The zero-order valence-electron chi connectivity index (χ0n) is 11.4. The van der Waals surface area contributed by atoms with Crippen LogP contribution in [0.2, 0.25) is 0 Å². The maximum Gasteiger partial charge on any atom is 0.119 e. The van der Waals surface area contributed by atoms with E-state index in [0.717, 1.165) is 32.2 Å². The molecule has 1 aromatic carbocycles. The molecule has 1 aromatic rings. The fourth-order valence-corrected chi connectivity index (χ4v) is 3.07. The molecule has 0 atom stereocenters. The molecule has 0 aliphatic carbocycles. The fourth-order valence-electron chi connectivity index (χ4n) is 3.07. The maximum absolute atomic E-state index is 6.03. The van der Waals surface area contributed by atoms with Crippen LogP contribution < -0.4 is 10.5 Å². The van der Waals surface area contributed by atoms with Gasteiger partial charge in [-0.1, -0.05) is 12.1 Å². The monoisotopic (exact) mass is 263 g/mol. The van der Waals surface area contributed by atoms with Crippen molar-refractivity contribution in [2.24, 2.45) is 11.1 Å². The van der Waals surface area contributed by atoms with Crippen LogP contribution in [0, 0.1) is 5.41 Å². The molecule has 19 heavy (non-hydrogen) atoms. The molecule has 2 aliphatic rings. The number of ether oxygens (including phenoxy) is 3. The van der Waals surface area contributed by atoms with Gasteiger partial charge >= 0.3 is 0 Å². The normalized spacial score (nSPS) is 23.3. The first-order chi connectivity index (χ1) is 9.26. The van der Waals surface area contributed by atoms with E-state index in [4.69, 9.17) is 19.9 Å². The summed E-state index contributed by atoms with van der Waals surface area (Å²) in [4.78, 5) is 0. The minimum absolute atomic E-state index is 0.00683. The minimum atomic E-state index is -0.00683. The molecule has 0 aromatic heterocycles. The molecule has 2 N–H and O–H groups in total. The van der Waals surface area contributed by atoms with Crippen molar-refractivity contribution < 1.29 is 14.2 Å². The van der Waals surface area contributed by atoms with Crippen molar-refractivity contribution in [1.82, 2.24) is 0 Å². The predicted octanol–water partition coefficient (Wildman–Crippen LogP) is 1.33. The van der Waals surface area contributed by atoms with Gasteiger partial charge in [-0.15, -0.1) is 0 Å². The van der Waals surface area contributed by atoms with Crippen LogP contribution in [-0.4, -0.2) is 39.6 Å². The molecule has 4 nitrogen and oxygen atoms in total. The lowest BCUT2D eigenvalue weighted by Gasteiger charge is -2.59. The van der Waals surface area contributed by atoms with E-state index in [1.165, 1.54) is 5.56 Å². The highest BCUT2D eigenvalue weighted by Crippen LogP contribution is 2.51. The predicted molar refractivity (Wildman–Crippen MR) is 72.4 cm³/mol. The summed E-state index contributed by atoms with van der Waals surface area (Å²) in [6.07, 6.45) is 0. The molecular formula is C15H21NO3. The molecule has 0 unspecified atom stereocenters. The fraction of sp³-hybridized carbons (Fsp3) is 0.600. The summed E-state index contributed by atoms with van der Waals surface area (Å²) in [7, 11) is 0. The van der Waals surface area contributed by atoms with Gasteiger partial charge in [0, 0.05) is 12.0 Å². The number of hydrogen-bond donors (Lipinski definition) is 1. The van der Waals surface area contributed by atoms with Crippen LogP contribution >= 0.6 is 0 Å². The zero-order chi connectivity index (χ0) is 13.3. The molecular weight excluding hydrogens is 242 g/mol. The van der Waals surface area contributed by atoms with Crippen molar-refractivity contribution in [1.29, 1.82) is 0 Å². The van der Waals surface area contributed by atoms with Gasteiger partial charge in [-0.2, -0.15) is 0 Å². The molecule has 4 heteroatoms. The molecule has 0 saturated carbocycles. The lowest BCUT2D eigenvalue weighted by atomic mass is 9.57. The highest BCUT2D eigenvalue weighted by molar-refractivity contribution is 5.38. The Morgan fingerprint density at radius 2 is 1.95 bits per heavy atom. The van der Waals surface area contributed by atoms with E-state index >= 15 is 0 Å². The SMILES string of the molecule is CCOc1cccc(C2(C3(CN)COC3)COC2)c1. The van der Waals surface area contributed by atoms with E-state index < -0.39 is 0 Å². The molecule has 0 radical (unpaired) electrons. The van der Waals surface area contributed by atoms with Gasteiger partial charge in [-0.25, -0.2) is 0 Å². The smallest absolute Gasteiger partial charge is 0.119 e. The lowest BCUT2D eigenvalue weighted by Crippen LogP contribution is -2.69. The summed E-state index contributed by atoms with van der Waals surface area (Å²) in [5.41, 5.74) is 7.31. The third-order valence-corrected chi connectivity index (χ3v) is 4.56. The Balaban J connectivity index is 1.95. The highest BCUT2D eigenvalue weighted by Gasteiger charge is 2.60. The Morgan fingerprint density at radius 3 is 2.42 bits per heavy atom. The Bertz CT molecular complexity index is 447. The Morgan fingerprint density at radius 1 is 1.21 bits per heavy atom. The van der Waals surface area contributed by atoms with Crippen molar-refractivity contribution in [3.8, 4) is 5.75 Å². The average Bonchev–Trinajstić information content (AvgIpc) is 2.32. The molecule has 2 heterocycles. The number of hydrogen-bond acceptors (Lipinski definition) is 4. The molecule has 2 aliphatic heterocycles. The van der Waals surface area contributed by atoms with Crippen LogP contribution in [-0.2, 0) is 14.9 Å². The van der Waals surface area contributed by atoms with Crippen molar-refractivity contribution in [2.45, 2.75) is 12.3 Å². The van der Waals surface area contributed by atoms with Crippen LogP contribution in [0.25, 0.3) is 0 Å². The minimum Gasteiger partial charge on any atom is -0.494 e. The van der Waals surface area contributed by atoms with Gasteiger partial charge in [-0.05, 0) is 24.6 Å². The van der Waals surface area contributed by atoms with Crippen LogP contribution in [0.3, 0.4) is 0 Å². The van der Waals surface area contributed by atoms with Gasteiger partial charge in [0.1, 0.15) is 5.75 Å². The number of rotatable bonds is 5. The van der Waals surface area contributed by atoms with E-state index in [0.29, 0.717) is 13.2 Å². The van der Waals surface area contributed by atoms with Crippen molar-refractivity contribution in [3.63, 3.8) is 0 Å². The van der Waals surface area contributed by atoms with E-state index in [9.17, 15) is 0 Å². The molecule has 0 bridgehead atoms. The van der Waals surface area contributed by atoms with Crippen LogP contribution in [0.5, 0.6) is 5.75 Å². The third-order valence-electron chi connectivity index (χ3n) is 4.56. The second-order valence-electron chi connectivity index (χ2n) is 5.51. The Kier molecular flexibility index (Phi) is 3.25. The van der Waals surface area contributed by atoms with E-state index in [2.05, 4.69) is 12.1 Å². The summed E-state index contributed by atoms with van der Waals surface area (Å²) < 4.78 is 16.6. The molecule has 0 spiro atoms. The van der Waals surface area contributed by atoms with E-state index in [1.54, 1.807) is 0 Å². The van der Waals surface area contributed by atoms with E-state index in [1.807, 2.05) is 19.1 Å². The van der Waals surface area contributed by atoms with E-state index in [-0.39, 0.29) is 10.8 Å². The van der Waals surface area contributed by atoms with Crippen LogP contribution in [0.1, 0.15) is 12.5 Å². The van der Waals surface area contributed by atoms with Gasteiger partial charge in [0.25, 0.3) is 0 Å². The summed E-state index contributed by atoms with van der Waals surface area (Å²) in [5, 5.41) is 0. The summed E-state index contributed by atoms with van der Waals surface area (Å²) in [6, 6.07) is 8.32. The Labute approximate surface area is 113 Å². The van der Waals surface area contributed by atoms with Gasteiger partial charge in [0.05, 0.1) is 38.4 Å². The maximum atomic E-state index is 6.03. The summed E-state index contributed by atoms with van der Waals surface area (Å²) >= 11 is 0. The van der Waals surface area contributed by atoms with Crippen LogP contribution in [0.15, 0.2) is 24.3 Å². The van der Waals surface area contributed by atoms with Crippen LogP contribution in [0.4, 0.5) is 0 Å². The third kappa shape index (κ3) is 1.78. The van der Waals surface area contributed by atoms with Gasteiger partial charge < -0.3 is 19.9 Å². The largest absolute Gasteiger partial charge is 0.494 e. The highest BCUT2D eigenvalue weighted by atomic mass is 16.5. The second kappa shape index (κ2) is 4.78. The Hall–Kier alpha value is -1.10. The standard InChI is InChI=1S/C15H21NO3/c1-2-19-13-5-3-4-12(6-13)15(10-18-11-15)14(7-16)8-17-9-14/h3-6H,2,7-11,16H2,1H3. The van der Waals surface area contributed by atoms with Crippen molar-refractivity contribution in [2.75, 3.05) is 39.6 Å². The molecule has 2 fully saturated rings. The summed E-state index contributed by atoms with van der Waals surface area (Å²) in [5.74, 6) is 0.915. The molecule has 0 amide bonds. The van der Waals surface area contributed by atoms with Gasteiger partial charge in [-0.3, -0.25) is 0 Å². The molecule has 3 rings (SSSR count). The first-order valence-electron chi connectivity index (χ1n) is 6.85. The first-order valence-corrected chi connectivity index (χ1v) is 6.85. The zero-order valence-corrected chi connectivity index (χ0v) is 11.4. The lowest BCUT2D eigenvalue weighted by molar-refractivity contribution is -0.223. The topological polar surface area (TPSA) is 53.7 Å². The number of benzene rings is 1. The van der Waals surface area contributed by atoms with Crippen molar-refractivity contribution in [3.05, 3.63) is 29.8 Å². The molecule has 2 saturated heterocycles.